The molecular weight excluding hydrogens is 198 g/mol. The lowest BCUT2D eigenvalue weighted by Gasteiger charge is -2.23. The van der Waals surface area contributed by atoms with E-state index in [1.54, 1.807) is 0 Å². The van der Waals surface area contributed by atoms with Crippen molar-refractivity contribution in [1.82, 2.24) is 15.2 Å². The third-order valence-electron chi connectivity index (χ3n) is 3.27. The zero-order chi connectivity index (χ0) is 11.4. The highest BCUT2D eigenvalue weighted by Crippen LogP contribution is 2.32. The Morgan fingerprint density at radius 3 is 2.69 bits per heavy atom. The Kier molecular flexibility index (Phi) is 3.91. The van der Waals surface area contributed by atoms with Crippen LogP contribution in [0.2, 0.25) is 0 Å². The molecule has 1 fully saturated rings. The van der Waals surface area contributed by atoms with Gasteiger partial charge in [-0.3, -0.25) is 4.98 Å². The highest BCUT2D eigenvalue weighted by molar-refractivity contribution is 5.09. The number of likely N-dealkylation sites (N-methyl/N-ethyl adjacent to an activating group) is 2. The van der Waals surface area contributed by atoms with Crippen molar-refractivity contribution in [1.29, 1.82) is 0 Å². The summed E-state index contributed by atoms with van der Waals surface area (Å²) in [7, 11) is 4.26. The molecule has 1 heterocycles. The number of hydrogen-bond donors (Lipinski definition) is 1. The van der Waals surface area contributed by atoms with E-state index in [0.717, 1.165) is 19.0 Å². The maximum Gasteiger partial charge on any atom is 0.0271 e. The number of aromatic nitrogens is 1. The molecule has 16 heavy (non-hydrogen) atoms. The molecule has 0 aliphatic heterocycles. The standard InChI is InChI=1S/C13H21N3/c1-14-13(12-3-4-12)10-16(2)9-11-5-7-15-8-6-11/h5-8,12-14H,3-4,9-10H2,1-2H3. The summed E-state index contributed by atoms with van der Waals surface area (Å²) in [6.45, 7) is 2.14. The normalized spacial score (nSPS) is 17.7. The van der Waals surface area contributed by atoms with Crippen LogP contribution < -0.4 is 5.32 Å². The first-order chi connectivity index (χ1) is 7.79. The average Bonchev–Trinajstić information content (AvgIpc) is 3.11. The van der Waals surface area contributed by atoms with Crippen LogP contribution in [0.25, 0.3) is 0 Å². The molecule has 0 bridgehead atoms. The van der Waals surface area contributed by atoms with Crippen LogP contribution in [-0.2, 0) is 6.54 Å². The van der Waals surface area contributed by atoms with Gasteiger partial charge in [0.25, 0.3) is 0 Å². The van der Waals surface area contributed by atoms with E-state index in [1.165, 1.54) is 18.4 Å². The Morgan fingerprint density at radius 1 is 1.44 bits per heavy atom. The molecule has 1 aromatic rings. The molecule has 1 N–H and O–H groups in total. The first-order valence-corrected chi connectivity index (χ1v) is 6.04. The number of nitrogens with zero attached hydrogens (tertiary/aromatic N) is 2. The van der Waals surface area contributed by atoms with Gasteiger partial charge in [0.05, 0.1) is 0 Å². The molecule has 0 radical (unpaired) electrons. The smallest absolute Gasteiger partial charge is 0.0271 e. The van der Waals surface area contributed by atoms with Crippen molar-refractivity contribution in [2.24, 2.45) is 5.92 Å². The average molecular weight is 219 g/mol. The van der Waals surface area contributed by atoms with Crippen LogP contribution in [0.15, 0.2) is 24.5 Å². The number of rotatable bonds is 6. The zero-order valence-electron chi connectivity index (χ0n) is 10.2. The molecule has 3 nitrogen and oxygen atoms in total. The van der Waals surface area contributed by atoms with Gasteiger partial charge in [0.1, 0.15) is 0 Å². The van der Waals surface area contributed by atoms with Crippen molar-refractivity contribution >= 4 is 0 Å². The van der Waals surface area contributed by atoms with E-state index in [-0.39, 0.29) is 0 Å². The summed E-state index contributed by atoms with van der Waals surface area (Å²) < 4.78 is 0. The van der Waals surface area contributed by atoms with Crippen LogP contribution in [0.5, 0.6) is 0 Å². The fourth-order valence-corrected chi connectivity index (χ4v) is 2.17. The Labute approximate surface area is 97.9 Å². The molecule has 3 heteroatoms. The molecule has 1 aromatic heterocycles. The maximum absolute atomic E-state index is 4.04. The summed E-state index contributed by atoms with van der Waals surface area (Å²) in [4.78, 5) is 6.42. The van der Waals surface area contributed by atoms with Crippen LogP contribution in [-0.4, -0.2) is 36.6 Å². The number of hydrogen-bond acceptors (Lipinski definition) is 3. The fraction of sp³-hybridized carbons (Fsp3) is 0.615. The number of nitrogens with one attached hydrogen (secondary N) is 1. The maximum atomic E-state index is 4.04. The SMILES string of the molecule is CNC(CN(C)Cc1ccncc1)C1CC1. The van der Waals surface area contributed by atoms with Crippen molar-refractivity contribution in [3.63, 3.8) is 0 Å². The lowest BCUT2D eigenvalue weighted by molar-refractivity contribution is 0.274. The summed E-state index contributed by atoms with van der Waals surface area (Å²) in [5.41, 5.74) is 1.34. The first kappa shape index (κ1) is 11.6. The van der Waals surface area contributed by atoms with Gasteiger partial charge < -0.3 is 10.2 Å². The van der Waals surface area contributed by atoms with Crippen molar-refractivity contribution in [3.8, 4) is 0 Å². The van der Waals surface area contributed by atoms with Crippen molar-refractivity contribution < 1.29 is 0 Å². The van der Waals surface area contributed by atoms with Gasteiger partial charge in [0.2, 0.25) is 0 Å². The van der Waals surface area contributed by atoms with E-state index < -0.39 is 0 Å². The summed E-state index contributed by atoms with van der Waals surface area (Å²) in [6, 6.07) is 4.83. The van der Waals surface area contributed by atoms with Crippen LogP contribution in [0, 0.1) is 5.92 Å². The van der Waals surface area contributed by atoms with Gasteiger partial charge in [-0.1, -0.05) is 0 Å². The van der Waals surface area contributed by atoms with E-state index in [9.17, 15) is 0 Å². The quantitative estimate of drug-likeness (QED) is 0.786. The van der Waals surface area contributed by atoms with Crippen molar-refractivity contribution in [2.75, 3.05) is 20.6 Å². The van der Waals surface area contributed by atoms with Crippen molar-refractivity contribution in [3.05, 3.63) is 30.1 Å². The first-order valence-electron chi connectivity index (χ1n) is 6.04. The third-order valence-corrected chi connectivity index (χ3v) is 3.27. The molecule has 2 rings (SSSR count). The molecule has 0 aromatic carbocycles. The highest BCUT2D eigenvalue weighted by Gasteiger charge is 2.30. The molecule has 1 saturated carbocycles. The summed E-state index contributed by atoms with van der Waals surface area (Å²) in [6.07, 6.45) is 6.52. The van der Waals surface area contributed by atoms with E-state index in [1.807, 2.05) is 12.4 Å². The predicted octanol–water partition coefficient (Wildman–Crippen LogP) is 1.51. The van der Waals surface area contributed by atoms with Gasteiger partial charge in [-0.25, -0.2) is 0 Å². The van der Waals surface area contributed by atoms with Crippen LogP contribution >= 0.6 is 0 Å². The van der Waals surface area contributed by atoms with Crippen LogP contribution in [0.4, 0.5) is 0 Å². The highest BCUT2D eigenvalue weighted by atomic mass is 15.1. The summed E-state index contributed by atoms with van der Waals surface area (Å²) in [5.74, 6) is 0.907. The molecule has 1 atom stereocenters. The van der Waals surface area contributed by atoms with Gasteiger partial charge in [-0.05, 0) is 50.6 Å². The summed E-state index contributed by atoms with van der Waals surface area (Å²) >= 11 is 0. The Balaban J connectivity index is 1.81. The Morgan fingerprint density at radius 2 is 2.12 bits per heavy atom. The predicted molar refractivity (Wildman–Crippen MR) is 66.1 cm³/mol. The monoisotopic (exact) mass is 219 g/mol. The molecule has 0 spiro atoms. The molecule has 0 saturated heterocycles. The zero-order valence-corrected chi connectivity index (χ0v) is 10.2. The number of pyridine rings is 1. The minimum absolute atomic E-state index is 0.659. The molecule has 1 aliphatic rings. The lowest BCUT2D eigenvalue weighted by Crippen LogP contribution is -2.38. The molecule has 0 amide bonds. The van der Waals surface area contributed by atoms with E-state index in [4.69, 9.17) is 0 Å². The molecule has 1 aliphatic carbocycles. The molecular formula is C13H21N3. The largest absolute Gasteiger partial charge is 0.315 e. The van der Waals surface area contributed by atoms with E-state index in [0.29, 0.717) is 6.04 Å². The second kappa shape index (κ2) is 5.41. The Hall–Kier alpha value is -0.930. The third kappa shape index (κ3) is 3.29. The van der Waals surface area contributed by atoms with Crippen LogP contribution in [0.1, 0.15) is 18.4 Å². The van der Waals surface area contributed by atoms with E-state index in [2.05, 4.69) is 41.4 Å². The van der Waals surface area contributed by atoms with Gasteiger partial charge in [-0.2, -0.15) is 0 Å². The van der Waals surface area contributed by atoms with Gasteiger partial charge in [0.15, 0.2) is 0 Å². The minimum atomic E-state index is 0.659. The van der Waals surface area contributed by atoms with Crippen LogP contribution in [0.3, 0.4) is 0 Å². The van der Waals surface area contributed by atoms with E-state index >= 15 is 0 Å². The Bertz CT molecular complexity index is 308. The molecule has 88 valence electrons. The van der Waals surface area contributed by atoms with Gasteiger partial charge in [-0.15, -0.1) is 0 Å². The fourth-order valence-electron chi connectivity index (χ4n) is 2.17. The van der Waals surface area contributed by atoms with Gasteiger partial charge >= 0.3 is 0 Å². The van der Waals surface area contributed by atoms with Gasteiger partial charge in [0, 0.05) is 31.5 Å². The summed E-state index contributed by atoms with van der Waals surface area (Å²) in [5, 5.41) is 3.43. The topological polar surface area (TPSA) is 28.2 Å². The second-order valence-electron chi connectivity index (χ2n) is 4.78. The second-order valence-corrected chi connectivity index (χ2v) is 4.78. The van der Waals surface area contributed by atoms with Crippen molar-refractivity contribution in [2.45, 2.75) is 25.4 Å². The lowest BCUT2D eigenvalue weighted by atomic mass is 10.1. The molecule has 1 unspecified atom stereocenters. The minimum Gasteiger partial charge on any atom is -0.315 e.